The highest BCUT2D eigenvalue weighted by Gasteiger charge is 2.22. The van der Waals surface area contributed by atoms with Crippen LogP contribution < -0.4 is 4.90 Å². The van der Waals surface area contributed by atoms with Crippen LogP contribution in [0.4, 0.5) is 17.1 Å². The molecule has 0 aromatic heterocycles. The molecule has 49 heavy (non-hydrogen) atoms. The highest BCUT2D eigenvalue weighted by atomic mass is 15.1. The summed E-state index contributed by atoms with van der Waals surface area (Å²) in [5.74, 6) is 0. The Morgan fingerprint density at radius 3 is 1.65 bits per heavy atom. The summed E-state index contributed by atoms with van der Waals surface area (Å²) in [5.41, 5.74) is 13.7. The first-order chi connectivity index (χ1) is 24.3. The smallest absolute Gasteiger partial charge is 0.0540 e. The molecule has 0 unspecified atom stereocenters. The number of anilines is 3. The molecule has 1 nitrogen and oxygen atoms in total. The summed E-state index contributed by atoms with van der Waals surface area (Å²) in [5, 5.41) is 7.63. The van der Waals surface area contributed by atoms with E-state index in [1.54, 1.807) is 0 Å². The van der Waals surface area contributed by atoms with Gasteiger partial charge in [0.15, 0.2) is 0 Å². The number of fused-ring (bicyclic) bond motifs is 5. The zero-order valence-electron chi connectivity index (χ0n) is 26.8. The highest BCUT2D eigenvalue weighted by molar-refractivity contribution is 6.18. The lowest BCUT2D eigenvalue weighted by Crippen LogP contribution is -2.10. The third-order valence-corrected chi connectivity index (χ3v) is 10.2. The van der Waals surface area contributed by atoms with Gasteiger partial charge in [0.05, 0.1) is 5.69 Å². The van der Waals surface area contributed by atoms with Crippen LogP contribution in [0, 0.1) is 0 Å². The van der Waals surface area contributed by atoms with Gasteiger partial charge >= 0.3 is 0 Å². The molecule has 0 spiro atoms. The number of rotatable bonds is 5. The molecule has 0 saturated carbocycles. The van der Waals surface area contributed by atoms with Crippen molar-refractivity contribution in [2.24, 2.45) is 0 Å². The van der Waals surface area contributed by atoms with Crippen LogP contribution in [0.2, 0.25) is 0 Å². The van der Waals surface area contributed by atoms with Crippen LogP contribution in [0.1, 0.15) is 0 Å². The average molecular weight is 622 g/mol. The van der Waals surface area contributed by atoms with Crippen molar-refractivity contribution in [1.82, 2.24) is 0 Å². The van der Waals surface area contributed by atoms with Gasteiger partial charge in [0.2, 0.25) is 0 Å². The van der Waals surface area contributed by atoms with Crippen molar-refractivity contribution in [3.63, 3.8) is 0 Å². The summed E-state index contributed by atoms with van der Waals surface area (Å²) < 4.78 is 0. The van der Waals surface area contributed by atoms with E-state index >= 15 is 0 Å². The minimum absolute atomic E-state index is 1.13. The van der Waals surface area contributed by atoms with Gasteiger partial charge in [-0.3, -0.25) is 0 Å². The first-order valence-corrected chi connectivity index (χ1v) is 16.9. The average Bonchev–Trinajstić information content (AvgIpc) is 3.50. The Kier molecular flexibility index (Phi) is 6.25. The molecule has 0 fully saturated rings. The number of para-hydroxylation sites is 1. The van der Waals surface area contributed by atoms with Gasteiger partial charge in [-0.05, 0) is 114 Å². The molecular formula is C48H31N. The van der Waals surface area contributed by atoms with Gasteiger partial charge in [0.25, 0.3) is 0 Å². The summed E-state index contributed by atoms with van der Waals surface area (Å²) in [6.07, 6.45) is 0. The lowest BCUT2D eigenvalue weighted by molar-refractivity contribution is 1.30. The largest absolute Gasteiger partial charge is 0.310 e. The van der Waals surface area contributed by atoms with E-state index in [0.717, 1.165) is 11.4 Å². The molecule has 1 aliphatic carbocycles. The van der Waals surface area contributed by atoms with E-state index in [0.29, 0.717) is 0 Å². The predicted octanol–water partition coefficient (Wildman–Crippen LogP) is 13.6. The first-order valence-electron chi connectivity index (χ1n) is 16.9. The standard InChI is InChI=1S/C48H31N/c1-2-12-38(13-3-1)49(47-19-8-11-33-10-4-5-14-41(33)47)39-26-24-32(25-27-39)34-20-21-36-31-37(23-22-35(36)30-34)40-28-29-46-43-16-7-6-15-42(43)45-18-9-17-44(40)48(45)46/h1-31H. The van der Waals surface area contributed by atoms with E-state index in [2.05, 4.69) is 193 Å². The molecule has 1 heteroatoms. The van der Waals surface area contributed by atoms with Crippen molar-refractivity contribution in [3.8, 4) is 44.5 Å². The predicted molar refractivity (Wildman–Crippen MR) is 209 cm³/mol. The van der Waals surface area contributed by atoms with Crippen molar-refractivity contribution in [3.05, 3.63) is 188 Å². The zero-order chi connectivity index (χ0) is 32.3. The molecule has 228 valence electrons. The molecule has 0 bridgehead atoms. The Bertz CT molecular complexity index is 2670. The van der Waals surface area contributed by atoms with Gasteiger partial charge < -0.3 is 4.90 Å². The fraction of sp³-hybridized carbons (Fsp3) is 0. The van der Waals surface area contributed by atoms with Gasteiger partial charge in [-0.2, -0.15) is 0 Å². The summed E-state index contributed by atoms with van der Waals surface area (Å²) in [6, 6.07) is 68.6. The molecule has 0 N–H and O–H groups in total. The molecular weight excluding hydrogens is 591 g/mol. The second kappa shape index (κ2) is 11.1. The molecule has 0 radical (unpaired) electrons. The van der Waals surface area contributed by atoms with Crippen molar-refractivity contribution in [1.29, 1.82) is 0 Å². The van der Waals surface area contributed by atoms with Crippen molar-refractivity contribution < 1.29 is 0 Å². The highest BCUT2D eigenvalue weighted by Crippen LogP contribution is 2.49. The van der Waals surface area contributed by atoms with Gasteiger partial charge in [-0.25, -0.2) is 0 Å². The SMILES string of the molecule is c1ccc(N(c2ccc(-c3ccc4cc(-c5ccc6c7c(cccc57)-c5ccccc5-6)ccc4c3)cc2)c2cccc3ccccc23)cc1. The van der Waals surface area contributed by atoms with Gasteiger partial charge in [-0.15, -0.1) is 0 Å². The molecule has 0 atom stereocenters. The van der Waals surface area contributed by atoms with E-state index in [4.69, 9.17) is 0 Å². The Balaban J connectivity index is 1.01. The minimum Gasteiger partial charge on any atom is -0.310 e. The lowest BCUT2D eigenvalue weighted by atomic mass is 9.92. The molecule has 10 rings (SSSR count). The van der Waals surface area contributed by atoms with Crippen LogP contribution in [0.15, 0.2) is 188 Å². The zero-order valence-corrected chi connectivity index (χ0v) is 26.8. The second-order valence-electron chi connectivity index (χ2n) is 12.9. The van der Waals surface area contributed by atoms with Crippen molar-refractivity contribution >= 4 is 49.4 Å². The van der Waals surface area contributed by atoms with Crippen molar-refractivity contribution in [2.45, 2.75) is 0 Å². The Hall–Kier alpha value is -6.44. The van der Waals surface area contributed by atoms with Crippen LogP contribution in [-0.2, 0) is 0 Å². The van der Waals surface area contributed by atoms with E-state index in [1.807, 2.05) is 0 Å². The Morgan fingerprint density at radius 1 is 0.286 bits per heavy atom. The second-order valence-corrected chi connectivity index (χ2v) is 12.9. The van der Waals surface area contributed by atoms with Gasteiger partial charge in [0, 0.05) is 16.8 Å². The Labute approximate surface area is 286 Å². The molecule has 1 aliphatic rings. The fourth-order valence-corrected chi connectivity index (χ4v) is 7.86. The topological polar surface area (TPSA) is 3.24 Å². The molecule has 0 saturated heterocycles. The molecule has 9 aromatic carbocycles. The third kappa shape index (κ3) is 4.47. The van der Waals surface area contributed by atoms with Crippen LogP contribution in [0.3, 0.4) is 0 Å². The normalized spacial score (nSPS) is 11.7. The number of nitrogens with zero attached hydrogens (tertiary/aromatic N) is 1. The molecule has 0 amide bonds. The van der Waals surface area contributed by atoms with Crippen LogP contribution in [-0.4, -0.2) is 0 Å². The fourth-order valence-electron chi connectivity index (χ4n) is 7.86. The number of benzene rings is 9. The van der Waals surface area contributed by atoms with E-state index < -0.39 is 0 Å². The first kappa shape index (κ1) is 27.7. The summed E-state index contributed by atoms with van der Waals surface area (Å²) in [7, 11) is 0. The number of hydrogen-bond acceptors (Lipinski definition) is 1. The summed E-state index contributed by atoms with van der Waals surface area (Å²) in [6.45, 7) is 0. The van der Waals surface area contributed by atoms with Crippen LogP contribution in [0.25, 0.3) is 76.8 Å². The van der Waals surface area contributed by atoms with Crippen molar-refractivity contribution in [2.75, 3.05) is 4.90 Å². The number of hydrogen-bond donors (Lipinski definition) is 0. The van der Waals surface area contributed by atoms with Gasteiger partial charge in [-0.1, -0.05) is 146 Å². The Morgan fingerprint density at radius 2 is 0.837 bits per heavy atom. The molecule has 0 heterocycles. The summed E-state index contributed by atoms with van der Waals surface area (Å²) in [4.78, 5) is 2.35. The lowest BCUT2D eigenvalue weighted by Gasteiger charge is -2.27. The molecule has 9 aromatic rings. The van der Waals surface area contributed by atoms with Crippen LogP contribution in [0.5, 0.6) is 0 Å². The third-order valence-electron chi connectivity index (χ3n) is 10.2. The van der Waals surface area contributed by atoms with Crippen LogP contribution >= 0.6 is 0 Å². The molecule has 0 aliphatic heterocycles. The maximum absolute atomic E-state index is 2.35. The maximum Gasteiger partial charge on any atom is 0.0540 e. The van der Waals surface area contributed by atoms with Gasteiger partial charge in [0.1, 0.15) is 0 Å². The monoisotopic (exact) mass is 621 g/mol. The minimum atomic E-state index is 1.13. The van der Waals surface area contributed by atoms with E-state index in [-0.39, 0.29) is 0 Å². The van der Waals surface area contributed by atoms with E-state index in [9.17, 15) is 0 Å². The summed E-state index contributed by atoms with van der Waals surface area (Å²) >= 11 is 0. The maximum atomic E-state index is 2.35. The quantitative estimate of drug-likeness (QED) is 0.185. The van der Waals surface area contributed by atoms with E-state index in [1.165, 1.54) is 82.5 Å².